The van der Waals surface area contributed by atoms with Crippen molar-refractivity contribution in [1.29, 1.82) is 0 Å². The van der Waals surface area contributed by atoms with E-state index in [9.17, 15) is 9.59 Å². The van der Waals surface area contributed by atoms with E-state index in [1.807, 2.05) is 76.2 Å². The van der Waals surface area contributed by atoms with Crippen molar-refractivity contribution in [3.63, 3.8) is 0 Å². The van der Waals surface area contributed by atoms with E-state index in [0.29, 0.717) is 12.3 Å². The highest BCUT2D eigenvalue weighted by Crippen LogP contribution is 2.18. The van der Waals surface area contributed by atoms with Gasteiger partial charge < -0.3 is 15.0 Å². The van der Waals surface area contributed by atoms with Gasteiger partial charge in [-0.3, -0.25) is 9.59 Å². The number of rotatable bonds is 7. The number of benzene rings is 2. The van der Waals surface area contributed by atoms with E-state index in [4.69, 9.17) is 4.74 Å². The highest BCUT2D eigenvalue weighted by atomic mass is 79.9. The fraction of sp³-hybridized carbons (Fsp3) is 0.391. The molecule has 0 saturated heterocycles. The number of hydrogen-bond acceptors (Lipinski definition) is 3. The standard InChI is InChI=1S/C23H29BrN2O3/c1-16-9-6-7-12-20(16)29-15-21(27)26(14-18-10-8-11-19(24)13-18)17(2)22(28)25-23(3,4)5/h6-13,17H,14-15H2,1-5H3,(H,25,28)/t17-/m1/s1. The number of carbonyl (C=O) groups excluding carboxylic acids is 2. The van der Waals surface area contributed by atoms with Gasteiger partial charge in [-0.05, 0) is 63.9 Å². The molecule has 0 aliphatic carbocycles. The Labute approximate surface area is 181 Å². The summed E-state index contributed by atoms with van der Waals surface area (Å²) in [5.41, 5.74) is 1.50. The normalized spacial score (nSPS) is 12.2. The number of nitrogens with zero attached hydrogens (tertiary/aromatic N) is 1. The van der Waals surface area contributed by atoms with Crippen LogP contribution in [-0.2, 0) is 16.1 Å². The first-order valence-electron chi connectivity index (χ1n) is 9.61. The molecular weight excluding hydrogens is 432 g/mol. The van der Waals surface area contributed by atoms with E-state index in [1.165, 1.54) is 0 Å². The maximum atomic E-state index is 13.0. The average molecular weight is 461 g/mol. The van der Waals surface area contributed by atoms with Crippen molar-refractivity contribution in [2.24, 2.45) is 0 Å². The maximum absolute atomic E-state index is 13.0. The van der Waals surface area contributed by atoms with Crippen molar-refractivity contribution >= 4 is 27.7 Å². The lowest BCUT2D eigenvalue weighted by atomic mass is 10.1. The summed E-state index contributed by atoms with van der Waals surface area (Å²) >= 11 is 3.46. The molecule has 6 heteroatoms. The first kappa shape index (κ1) is 22.9. The van der Waals surface area contributed by atoms with Crippen molar-refractivity contribution in [3.05, 3.63) is 64.1 Å². The van der Waals surface area contributed by atoms with Gasteiger partial charge in [0, 0.05) is 16.6 Å². The molecule has 1 N–H and O–H groups in total. The Balaban J connectivity index is 2.19. The molecule has 0 aromatic heterocycles. The zero-order valence-corrected chi connectivity index (χ0v) is 19.2. The lowest BCUT2D eigenvalue weighted by Gasteiger charge is -2.31. The maximum Gasteiger partial charge on any atom is 0.261 e. The Kier molecular flexibility index (Phi) is 7.85. The second-order valence-electron chi connectivity index (χ2n) is 8.12. The van der Waals surface area contributed by atoms with Crippen molar-refractivity contribution in [3.8, 4) is 5.75 Å². The summed E-state index contributed by atoms with van der Waals surface area (Å²) in [6.45, 7) is 9.60. The summed E-state index contributed by atoms with van der Waals surface area (Å²) < 4.78 is 6.66. The van der Waals surface area contributed by atoms with Crippen LogP contribution in [0.1, 0.15) is 38.8 Å². The summed E-state index contributed by atoms with van der Waals surface area (Å²) in [5, 5.41) is 2.95. The van der Waals surface area contributed by atoms with Gasteiger partial charge in [-0.2, -0.15) is 0 Å². The predicted molar refractivity (Wildman–Crippen MR) is 119 cm³/mol. The van der Waals surface area contributed by atoms with E-state index < -0.39 is 6.04 Å². The Morgan fingerprint density at radius 2 is 1.83 bits per heavy atom. The van der Waals surface area contributed by atoms with E-state index in [2.05, 4.69) is 21.2 Å². The fourth-order valence-electron chi connectivity index (χ4n) is 2.83. The molecule has 2 aromatic carbocycles. The number of nitrogens with one attached hydrogen (secondary N) is 1. The summed E-state index contributed by atoms with van der Waals surface area (Å²) in [6.07, 6.45) is 0. The number of ether oxygens (including phenoxy) is 1. The summed E-state index contributed by atoms with van der Waals surface area (Å²) in [7, 11) is 0. The van der Waals surface area contributed by atoms with Gasteiger partial charge in [-0.1, -0.05) is 46.3 Å². The van der Waals surface area contributed by atoms with Crippen LogP contribution in [0.3, 0.4) is 0 Å². The van der Waals surface area contributed by atoms with E-state index in [-0.39, 0.29) is 24.0 Å². The van der Waals surface area contributed by atoms with Crippen LogP contribution in [0.4, 0.5) is 0 Å². The molecule has 0 radical (unpaired) electrons. The highest BCUT2D eigenvalue weighted by molar-refractivity contribution is 9.10. The number of carbonyl (C=O) groups is 2. The highest BCUT2D eigenvalue weighted by Gasteiger charge is 2.28. The zero-order chi connectivity index (χ0) is 21.6. The molecule has 2 aromatic rings. The van der Waals surface area contributed by atoms with Crippen LogP contribution < -0.4 is 10.1 Å². The summed E-state index contributed by atoms with van der Waals surface area (Å²) in [6, 6.07) is 14.6. The largest absolute Gasteiger partial charge is 0.484 e. The van der Waals surface area contributed by atoms with E-state index in [0.717, 1.165) is 15.6 Å². The topological polar surface area (TPSA) is 58.6 Å². The molecule has 156 valence electrons. The third kappa shape index (κ3) is 7.20. The number of halogens is 1. The Bertz CT molecular complexity index is 861. The van der Waals surface area contributed by atoms with Gasteiger partial charge in [-0.15, -0.1) is 0 Å². The van der Waals surface area contributed by atoms with Crippen LogP contribution in [0, 0.1) is 6.92 Å². The van der Waals surface area contributed by atoms with Crippen LogP contribution in [0.25, 0.3) is 0 Å². The average Bonchev–Trinajstić information content (AvgIpc) is 2.63. The predicted octanol–water partition coefficient (Wildman–Crippen LogP) is 4.47. The number of aryl methyl sites for hydroxylation is 1. The lowest BCUT2D eigenvalue weighted by Crippen LogP contribution is -2.53. The van der Waals surface area contributed by atoms with Gasteiger partial charge in [0.05, 0.1) is 0 Å². The van der Waals surface area contributed by atoms with Gasteiger partial charge in [0.1, 0.15) is 11.8 Å². The first-order chi connectivity index (χ1) is 13.6. The molecule has 1 atom stereocenters. The van der Waals surface area contributed by atoms with Crippen LogP contribution in [0.5, 0.6) is 5.75 Å². The molecule has 0 unspecified atom stereocenters. The molecule has 2 amide bonds. The van der Waals surface area contributed by atoms with Gasteiger partial charge in [0.2, 0.25) is 5.91 Å². The molecule has 0 bridgehead atoms. The summed E-state index contributed by atoms with van der Waals surface area (Å²) in [4.78, 5) is 27.3. The van der Waals surface area contributed by atoms with E-state index >= 15 is 0 Å². The molecule has 0 heterocycles. The molecular formula is C23H29BrN2O3. The second-order valence-corrected chi connectivity index (χ2v) is 9.04. The monoisotopic (exact) mass is 460 g/mol. The molecule has 5 nitrogen and oxygen atoms in total. The van der Waals surface area contributed by atoms with Gasteiger partial charge in [0.15, 0.2) is 6.61 Å². The minimum atomic E-state index is -0.638. The fourth-order valence-corrected chi connectivity index (χ4v) is 3.28. The smallest absolute Gasteiger partial charge is 0.261 e. The van der Waals surface area contributed by atoms with E-state index in [1.54, 1.807) is 11.8 Å². The van der Waals surface area contributed by atoms with Crippen LogP contribution >= 0.6 is 15.9 Å². The quantitative estimate of drug-likeness (QED) is 0.662. The number of amides is 2. The zero-order valence-electron chi connectivity index (χ0n) is 17.7. The third-order valence-corrected chi connectivity index (χ3v) is 4.85. The van der Waals surface area contributed by atoms with Gasteiger partial charge >= 0.3 is 0 Å². The SMILES string of the molecule is Cc1ccccc1OCC(=O)N(Cc1cccc(Br)c1)[C@H](C)C(=O)NC(C)(C)C. The Morgan fingerprint density at radius 1 is 1.14 bits per heavy atom. The van der Waals surface area contributed by atoms with Crippen molar-refractivity contribution in [1.82, 2.24) is 10.2 Å². The summed E-state index contributed by atoms with van der Waals surface area (Å²) in [5.74, 6) is 0.219. The third-order valence-electron chi connectivity index (χ3n) is 4.35. The molecule has 2 rings (SSSR count). The van der Waals surface area contributed by atoms with Crippen LogP contribution in [0.2, 0.25) is 0 Å². The molecule has 0 aliphatic rings. The lowest BCUT2D eigenvalue weighted by molar-refractivity contribution is -0.142. The second kappa shape index (κ2) is 9.92. The molecule has 0 fully saturated rings. The van der Waals surface area contributed by atoms with Gasteiger partial charge in [-0.25, -0.2) is 0 Å². The molecule has 0 spiro atoms. The first-order valence-corrected chi connectivity index (χ1v) is 10.4. The Morgan fingerprint density at radius 3 is 2.45 bits per heavy atom. The Hall–Kier alpha value is -2.34. The van der Waals surface area contributed by atoms with Crippen molar-refractivity contribution in [2.75, 3.05) is 6.61 Å². The number of para-hydroxylation sites is 1. The van der Waals surface area contributed by atoms with Gasteiger partial charge in [0.25, 0.3) is 5.91 Å². The molecule has 29 heavy (non-hydrogen) atoms. The minimum Gasteiger partial charge on any atom is -0.484 e. The van der Waals surface area contributed by atoms with Crippen molar-refractivity contribution < 1.29 is 14.3 Å². The molecule has 0 saturated carbocycles. The van der Waals surface area contributed by atoms with Crippen LogP contribution in [-0.4, -0.2) is 34.9 Å². The molecule has 0 aliphatic heterocycles. The number of hydrogen-bond donors (Lipinski definition) is 1. The van der Waals surface area contributed by atoms with Crippen LogP contribution in [0.15, 0.2) is 53.0 Å². The minimum absolute atomic E-state index is 0.133. The van der Waals surface area contributed by atoms with Crippen molar-refractivity contribution in [2.45, 2.75) is 52.7 Å².